The van der Waals surface area contributed by atoms with E-state index in [9.17, 15) is 4.79 Å². The number of carbonyl (C=O) groups excluding carboxylic acids is 1. The normalized spacial score (nSPS) is 14.2. The first-order valence-electron chi connectivity index (χ1n) is 8.99. The summed E-state index contributed by atoms with van der Waals surface area (Å²) in [7, 11) is 0. The molecule has 0 aliphatic carbocycles. The number of rotatable bonds is 3. The zero-order chi connectivity index (χ0) is 19.5. The molecule has 1 aliphatic heterocycles. The molecule has 2 aromatic heterocycles. The molecule has 2 amide bonds. The van der Waals surface area contributed by atoms with E-state index in [1.165, 1.54) is 6.33 Å². The summed E-state index contributed by atoms with van der Waals surface area (Å²) in [5.74, 6) is 1.53. The topological polar surface area (TPSA) is 79.2 Å². The predicted molar refractivity (Wildman–Crippen MR) is 108 cm³/mol. The lowest BCUT2D eigenvalue weighted by Gasteiger charge is -2.35. The molecule has 0 saturated carbocycles. The zero-order valence-electron chi connectivity index (χ0n) is 15.4. The van der Waals surface area contributed by atoms with E-state index in [0.29, 0.717) is 42.7 Å². The van der Waals surface area contributed by atoms with Gasteiger partial charge < -0.3 is 15.1 Å². The average molecular weight is 398 g/mol. The number of carbonyl (C=O) groups is 1. The molecule has 0 atom stereocenters. The smallest absolute Gasteiger partial charge is 0.322 e. The number of hydrogen-bond acceptors (Lipinski definition) is 5. The standard InChI is InChI=1S/C19H20ClN7O/c1-14-3-4-16(15(20)11-14)24-19(28)26-9-7-25(8-10-26)17-12-18(22-13-21-17)27-6-2-5-23-27/h2-6,11-13H,7-10H2,1H3,(H,24,28). The fraction of sp³-hybridized carbons (Fsp3) is 0.263. The van der Waals surface area contributed by atoms with Crippen molar-refractivity contribution in [1.29, 1.82) is 0 Å². The lowest BCUT2D eigenvalue weighted by molar-refractivity contribution is 0.208. The Kier molecular flexibility index (Phi) is 5.12. The minimum Gasteiger partial charge on any atom is -0.353 e. The van der Waals surface area contributed by atoms with Gasteiger partial charge in [-0.25, -0.2) is 19.4 Å². The van der Waals surface area contributed by atoms with Gasteiger partial charge >= 0.3 is 6.03 Å². The molecule has 3 aromatic rings. The van der Waals surface area contributed by atoms with Gasteiger partial charge in [-0.15, -0.1) is 0 Å². The Morgan fingerprint density at radius 2 is 1.89 bits per heavy atom. The van der Waals surface area contributed by atoms with E-state index in [1.54, 1.807) is 15.8 Å². The van der Waals surface area contributed by atoms with E-state index in [1.807, 2.05) is 43.5 Å². The number of aryl methyl sites for hydroxylation is 1. The summed E-state index contributed by atoms with van der Waals surface area (Å²) >= 11 is 6.21. The van der Waals surface area contributed by atoms with Crippen LogP contribution in [0.2, 0.25) is 5.02 Å². The highest BCUT2D eigenvalue weighted by atomic mass is 35.5. The third-order valence-corrected chi connectivity index (χ3v) is 4.95. The van der Waals surface area contributed by atoms with Crippen LogP contribution in [0.5, 0.6) is 0 Å². The third kappa shape index (κ3) is 3.91. The van der Waals surface area contributed by atoms with Crippen LogP contribution >= 0.6 is 11.6 Å². The Balaban J connectivity index is 1.38. The van der Waals surface area contributed by atoms with Gasteiger partial charge in [0.15, 0.2) is 5.82 Å². The number of urea groups is 1. The van der Waals surface area contributed by atoms with Gasteiger partial charge in [0, 0.05) is 44.6 Å². The fourth-order valence-corrected chi connectivity index (χ4v) is 3.38. The molecule has 9 heteroatoms. The van der Waals surface area contributed by atoms with Crippen molar-refractivity contribution >= 4 is 29.1 Å². The van der Waals surface area contributed by atoms with E-state index in [0.717, 1.165) is 11.4 Å². The lowest BCUT2D eigenvalue weighted by Crippen LogP contribution is -2.50. The van der Waals surface area contributed by atoms with Crippen LogP contribution in [0.25, 0.3) is 5.82 Å². The zero-order valence-corrected chi connectivity index (χ0v) is 16.2. The monoisotopic (exact) mass is 397 g/mol. The Bertz CT molecular complexity index is 968. The molecule has 28 heavy (non-hydrogen) atoms. The SMILES string of the molecule is Cc1ccc(NC(=O)N2CCN(c3cc(-n4cccn4)ncn3)CC2)c(Cl)c1. The summed E-state index contributed by atoms with van der Waals surface area (Å²) in [6.45, 7) is 4.52. The summed E-state index contributed by atoms with van der Waals surface area (Å²) in [6, 6.07) is 9.18. The maximum Gasteiger partial charge on any atom is 0.322 e. The molecule has 1 aliphatic rings. The van der Waals surface area contributed by atoms with Gasteiger partial charge in [-0.1, -0.05) is 17.7 Å². The van der Waals surface area contributed by atoms with Crippen LogP contribution in [0.1, 0.15) is 5.56 Å². The van der Waals surface area contributed by atoms with Crippen molar-refractivity contribution in [3.8, 4) is 5.82 Å². The highest BCUT2D eigenvalue weighted by Gasteiger charge is 2.22. The van der Waals surface area contributed by atoms with E-state index >= 15 is 0 Å². The molecule has 0 bridgehead atoms. The quantitative estimate of drug-likeness (QED) is 0.735. The van der Waals surface area contributed by atoms with Crippen LogP contribution in [0.15, 0.2) is 49.1 Å². The van der Waals surface area contributed by atoms with Crippen molar-refractivity contribution in [2.45, 2.75) is 6.92 Å². The molecule has 144 valence electrons. The maximum atomic E-state index is 12.6. The number of nitrogens with zero attached hydrogens (tertiary/aromatic N) is 6. The second-order valence-electron chi connectivity index (χ2n) is 6.57. The molecule has 1 aromatic carbocycles. The molecular formula is C19H20ClN7O. The van der Waals surface area contributed by atoms with E-state index in [4.69, 9.17) is 11.6 Å². The molecule has 0 spiro atoms. The number of nitrogens with one attached hydrogen (secondary N) is 1. The average Bonchev–Trinajstić information content (AvgIpc) is 3.25. The van der Waals surface area contributed by atoms with Crippen molar-refractivity contribution in [2.24, 2.45) is 0 Å². The molecule has 1 fully saturated rings. The van der Waals surface area contributed by atoms with Gasteiger partial charge in [0.1, 0.15) is 12.1 Å². The molecular weight excluding hydrogens is 378 g/mol. The summed E-state index contributed by atoms with van der Waals surface area (Å²) in [4.78, 5) is 25.1. The molecule has 8 nitrogen and oxygen atoms in total. The van der Waals surface area contributed by atoms with Crippen LogP contribution in [-0.4, -0.2) is 56.9 Å². The number of hydrogen-bond donors (Lipinski definition) is 1. The second-order valence-corrected chi connectivity index (χ2v) is 6.98. The first-order chi connectivity index (χ1) is 13.6. The second kappa shape index (κ2) is 7.85. The fourth-order valence-electron chi connectivity index (χ4n) is 3.09. The Labute approximate surface area is 167 Å². The van der Waals surface area contributed by atoms with E-state index in [2.05, 4.69) is 25.3 Å². The summed E-state index contributed by atoms with van der Waals surface area (Å²) in [5, 5.41) is 7.63. The minimum atomic E-state index is -0.148. The van der Waals surface area contributed by atoms with E-state index in [-0.39, 0.29) is 6.03 Å². The van der Waals surface area contributed by atoms with Crippen LogP contribution < -0.4 is 10.2 Å². The Morgan fingerprint density at radius 3 is 2.61 bits per heavy atom. The highest BCUT2D eigenvalue weighted by Crippen LogP contribution is 2.23. The largest absolute Gasteiger partial charge is 0.353 e. The summed E-state index contributed by atoms with van der Waals surface area (Å²) < 4.78 is 1.69. The number of aromatic nitrogens is 4. The number of piperazine rings is 1. The Morgan fingerprint density at radius 1 is 1.11 bits per heavy atom. The summed E-state index contributed by atoms with van der Waals surface area (Å²) in [6.07, 6.45) is 5.08. The van der Waals surface area contributed by atoms with Crippen molar-refractivity contribution in [2.75, 3.05) is 36.4 Å². The van der Waals surface area contributed by atoms with Gasteiger partial charge in [-0.2, -0.15) is 5.10 Å². The first-order valence-corrected chi connectivity index (χ1v) is 9.37. The van der Waals surface area contributed by atoms with Gasteiger partial charge in [-0.05, 0) is 30.7 Å². The molecule has 3 heterocycles. The van der Waals surface area contributed by atoms with Gasteiger partial charge in [0.05, 0.1) is 10.7 Å². The molecule has 0 radical (unpaired) electrons. The predicted octanol–water partition coefficient (Wildman–Crippen LogP) is 2.98. The van der Waals surface area contributed by atoms with Crippen LogP contribution in [-0.2, 0) is 0 Å². The van der Waals surface area contributed by atoms with Crippen LogP contribution in [0.3, 0.4) is 0 Å². The van der Waals surface area contributed by atoms with Gasteiger partial charge in [-0.3, -0.25) is 0 Å². The van der Waals surface area contributed by atoms with Crippen molar-refractivity contribution < 1.29 is 4.79 Å². The minimum absolute atomic E-state index is 0.148. The molecule has 0 unspecified atom stereocenters. The van der Waals surface area contributed by atoms with Gasteiger partial charge in [0.2, 0.25) is 0 Å². The molecule has 4 rings (SSSR count). The third-order valence-electron chi connectivity index (χ3n) is 4.63. The van der Waals surface area contributed by atoms with E-state index < -0.39 is 0 Å². The van der Waals surface area contributed by atoms with Crippen LogP contribution in [0, 0.1) is 6.92 Å². The lowest BCUT2D eigenvalue weighted by atomic mass is 10.2. The Hall–Kier alpha value is -3.13. The van der Waals surface area contributed by atoms with Gasteiger partial charge in [0.25, 0.3) is 0 Å². The van der Waals surface area contributed by atoms with Crippen molar-refractivity contribution in [1.82, 2.24) is 24.6 Å². The molecule has 1 N–H and O–H groups in total. The van der Waals surface area contributed by atoms with Crippen molar-refractivity contribution in [3.05, 3.63) is 59.6 Å². The number of anilines is 2. The first kappa shape index (κ1) is 18.2. The van der Waals surface area contributed by atoms with Crippen LogP contribution in [0.4, 0.5) is 16.3 Å². The number of benzene rings is 1. The van der Waals surface area contributed by atoms with Crippen molar-refractivity contribution in [3.63, 3.8) is 0 Å². The molecule has 1 saturated heterocycles. The maximum absolute atomic E-state index is 12.6. The summed E-state index contributed by atoms with van der Waals surface area (Å²) in [5.41, 5.74) is 1.68. The number of halogens is 1. The highest BCUT2D eigenvalue weighted by molar-refractivity contribution is 6.33. The number of amides is 2.